The minimum absolute atomic E-state index is 0.000836. The third-order valence-electron chi connectivity index (χ3n) is 2.13. The zero-order valence-corrected chi connectivity index (χ0v) is 9.50. The Morgan fingerprint density at radius 3 is 2.73 bits per heavy atom. The van der Waals surface area contributed by atoms with Crippen molar-refractivity contribution in [2.45, 2.75) is 18.2 Å². The highest BCUT2D eigenvalue weighted by atomic mass is 32.2. The number of hydrogen-bond acceptors (Lipinski definition) is 3. The van der Waals surface area contributed by atoms with Crippen LogP contribution in [0.5, 0.6) is 0 Å². The van der Waals surface area contributed by atoms with Crippen molar-refractivity contribution in [1.29, 1.82) is 0 Å². The van der Waals surface area contributed by atoms with Gasteiger partial charge in [-0.1, -0.05) is 6.92 Å². The van der Waals surface area contributed by atoms with Crippen molar-refractivity contribution in [1.82, 2.24) is 9.29 Å². The van der Waals surface area contributed by atoms with Gasteiger partial charge in [0.25, 0.3) is 0 Å². The topological polar surface area (TPSA) is 73.4 Å². The summed E-state index contributed by atoms with van der Waals surface area (Å²) in [7, 11) is -3.39. The summed E-state index contributed by atoms with van der Waals surface area (Å²) < 4.78 is 25.3. The van der Waals surface area contributed by atoms with Crippen molar-refractivity contribution >= 4 is 10.0 Å². The van der Waals surface area contributed by atoms with Crippen molar-refractivity contribution in [3.8, 4) is 0 Å². The second-order valence-electron chi connectivity index (χ2n) is 3.12. The van der Waals surface area contributed by atoms with Gasteiger partial charge in [-0.15, -0.1) is 0 Å². The van der Waals surface area contributed by atoms with E-state index in [0.717, 1.165) is 0 Å². The Morgan fingerprint density at radius 2 is 2.27 bits per heavy atom. The van der Waals surface area contributed by atoms with Crippen LogP contribution >= 0.6 is 0 Å². The van der Waals surface area contributed by atoms with Gasteiger partial charge in [0.1, 0.15) is 0 Å². The molecular weight excluding hydrogens is 216 g/mol. The molecule has 0 spiro atoms. The van der Waals surface area contributed by atoms with E-state index in [1.165, 1.54) is 16.6 Å². The van der Waals surface area contributed by atoms with Crippen LogP contribution in [0.1, 0.15) is 13.3 Å². The first-order valence-corrected chi connectivity index (χ1v) is 6.30. The smallest absolute Gasteiger partial charge is 0.244 e. The predicted octanol–water partition coefficient (Wildman–Crippen LogP) is 0.408. The lowest BCUT2D eigenvalue weighted by Crippen LogP contribution is -2.32. The maximum absolute atomic E-state index is 12.0. The van der Waals surface area contributed by atoms with Gasteiger partial charge in [0.05, 0.1) is 4.90 Å². The third-order valence-corrected chi connectivity index (χ3v) is 4.10. The van der Waals surface area contributed by atoms with E-state index >= 15 is 0 Å². The van der Waals surface area contributed by atoms with Crippen LogP contribution in [0.2, 0.25) is 0 Å². The molecule has 5 nitrogen and oxygen atoms in total. The van der Waals surface area contributed by atoms with E-state index < -0.39 is 10.0 Å². The summed E-state index contributed by atoms with van der Waals surface area (Å²) in [6.45, 7) is 2.54. The van der Waals surface area contributed by atoms with E-state index in [4.69, 9.17) is 5.11 Å². The highest BCUT2D eigenvalue weighted by Gasteiger charge is 2.22. The monoisotopic (exact) mass is 232 g/mol. The minimum Gasteiger partial charge on any atom is -0.396 e. The fourth-order valence-corrected chi connectivity index (χ4v) is 2.78. The molecule has 1 rings (SSSR count). The molecule has 0 aliphatic rings. The van der Waals surface area contributed by atoms with Gasteiger partial charge in [-0.3, -0.25) is 0 Å². The number of hydrogen-bond donors (Lipinski definition) is 2. The fraction of sp³-hybridized carbons (Fsp3) is 0.556. The molecule has 0 aliphatic carbocycles. The van der Waals surface area contributed by atoms with Crippen molar-refractivity contribution in [2.75, 3.05) is 19.7 Å². The molecule has 0 unspecified atom stereocenters. The lowest BCUT2D eigenvalue weighted by Gasteiger charge is -2.18. The van der Waals surface area contributed by atoms with Crippen LogP contribution in [0, 0.1) is 0 Å². The second-order valence-corrected chi connectivity index (χ2v) is 5.06. The molecule has 15 heavy (non-hydrogen) atoms. The molecule has 0 saturated heterocycles. The van der Waals surface area contributed by atoms with Crippen LogP contribution in [0.15, 0.2) is 23.4 Å². The summed E-state index contributed by atoms with van der Waals surface area (Å²) in [5, 5.41) is 8.68. The molecule has 0 fully saturated rings. The Bertz CT molecular complexity index is 372. The summed E-state index contributed by atoms with van der Waals surface area (Å²) in [6.07, 6.45) is 3.49. The highest BCUT2D eigenvalue weighted by Crippen LogP contribution is 2.14. The molecule has 1 heterocycles. The molecule has 1 aromatic heterocycles. The third kappa shape index (κ3) is 2.80. The standard InChI is InChI=1S/C9H16N2O3S/c1-2-11(6-3-7-12)15(13,14)9-4-5-10-8-9/h4-5,8,10,12H,2-3,6-7H2,1H3. The SMILES string of the molecule is CCN(CCCO)S(=O)(=O)c1cc[nH]c1. The molecule has 1 aromatic rings. The molecule has 86 valence electrons. The number of aromatic nitrogens is 1. The first-order chi connectivity index (χ1) is 7.12. The summed E-state index contributed by atoms with van der Waals surface area (Å²) in [5.41, 5.74) is 0. The maximum Gasteiger partial charge on any atom is 0.244 e. The highest BCUT2D eigenvalue weighted by molar-refractivity contribution is 7.89. The predicted molar refractivity (Wildman–Crippen MR) is 56.9 cm³/mol. The summed E-state index contributed by atoms with van der Waals surface area (Å²) in [4.78, 5) is 2.98. The number of aromatic amines is 1. The summed E-state index contributed by atoms with van der Waals surface area (Å²) in [5.74, 6) is 0. The Kier molecular flexibility index (Phi) is 4.31. The number of aliphatic hydroxyl groups is 1. The van der Waals surface area contributed by atoms with Crippen LogP contribution in [0.25, 0.3) is 0 Å². The van der Waals surface area contributed by atoms with E-state index in [1.54, 1.807) is 13.1 Å². The molecule has 2 N–H and O–H groups in total. The number of aliphatic hydroxyl groups excluding tert-OH is 1. The Hall–Kier alpha value is -0.850. The molecule has 0 atom stereocenters. The lowest BCUT2D eigenvalue weighted by atomic mass is 10.4. The van der Waals surface area contributed by atoms with E-state index in [0.29, 0.717) is 19.5 Å². The Balaban J connectivity index is 2.83. The second kappa shape index (κ2) is 5.29. The molecule has 0 saturated carbocycles. The maximum atomic E-state index is 12.0. The van der Waals surface area contributed by atoms with E-state index in [2.05, 4.69) is 4.98 Å². The minimum atomic E-state index is -3.39. The van der Waals surface area contributed by atoms with Crippen LogP contribution < -0.4 is 0 Å². The molecular formula is C9H16N2O3S. The summed E-state index contributed by atoms with van der Waals surface area (Å²) in [6, 6.07) is 1.52. The van der Waals surface area contributed by atoms with Crippen LogP contribution in [0.3, 0.4) is 0 Å². The Labute approximate surface area is 89.8 Å². The van der Waals surface area contributed by atoms with Gasteiger partial charge in [0.2, 0.25) is 10.0 Å². The van der Waals surface area contributed by atoms with Crippen molar-refractivity contribution in [3.63, 3.8) is 0 Å². The molecule has 6 heteroatoms. The number of rotatable bonds is 6. The average molecular weight is 232 g/mol. The Morgan fingerprint density at radius 1 is 1.53 bits per heavy atom. The average Bonchev–Trinajstić information content (AvgIpc) is 2.72. The van der Waals surface area contributed by atoms with E-state index in [9.17, 15) is 8.42 Å². The quantitative estimate of drug-likeness (QED) is 0.746. The number of nitrogens with zero attached hydrogens (tertiary/aromatic N) is 1. The normalized spacial score (nSPS) is 12.2. The fourth-order valence-electron chi connectivity index (χ4n) is 1.31. The van der Waals surface area contributed by atoms with Crippen molar-refractivity contribution in [3.05, 3.63) is 18.5 Å². The zero-order chi connectivity index (χ0) is 11.3. The van der Waals surface area contributed by atoms with Gasteiger partial charge in [-0.25, -0.2) is 8.42 Å². The lowest BCUT2D eigenvalue weighted by molar-refractivity contribution is 0.271. The van der Waals surface area contributed by atoms with Gasteiger partial charge < -0.3 is 10.1 Å². The molecule has 0 amide bonds. The van der Waals surface area contributed by atoms with Crippen LogP contribution in [0.4, 0.5) is 0 Å². The van der Waals surface area contributed by atoms with Crippen LogP contribution in [-0.4, -0.2) is 42.5 Å². The molecule has 0 aliphatic heterocycles. The van der Waals surface area contributed by atoms with E-state index in [1.807, 2.05) is 0 Å². The largest absolute Gasteiger partial charge is 0.396 e. The number of H-pyrrole nitrogens is 1. The van der Waals surface area contributed by atoms with Gasteiger partial charge >= 0.3 is 0 Å². The van der Waals surface area contributed by atoms with Gasteiger partial charge in [0.15, 0.2) is 0 Å². The zero-order valence-electron chi connectivity index (χ0n) is 8.68. The summed E-state index contributed by atoms with van der Waals surface area (Å²) >= 11 is 0. The first kappa shape index (κ1) is 12.2. The van der Waals surface area contributed by atoms with Gasteiger partial charge in [-0.05, 0) is 12.5 Å². The van der Waals surface area contributed by atoms with Gasteiger partial charge in [-0.2, -0.15) is 4.31 Å². The van der Waals surface area contributed by atoms with E-state index in [-0.39, 0.29) is 11.5 Å². The molecule has 0 bridgehead atoms. The number of sulfonamides is 1. The van der Waals surface area contributed by atoms with Gasteiger partial charge in [0, 0.05) is 32.1 Å². The first-order valence-electron chi connectivity index (χ1n) is 4.86. The molecule has 0 radical (unpaired) electrons. The van der Waals surface area contributed by atoms with Crippen LogP contribution in [-0.2, 0) is 10.0 Å². The molecule has 0 aromatic carbocycles. The van der Waals surface area contributed by atoms with Crippen molar-refractivity contribution in [2.24, 2.45) is 0 Å². The van der Waals surface area contributed by atoms with Crippen molar-refractivity contribution < 1.29 is 13.5 Å². The number of nitrogens with one attached hydrogen (secondary N) is 1.